The maximum Gasteiger partial charge on any atom is 0.328 e. The van der Waals surface area contributed by atoms with Crippen molar-refractivity contribution in [2.24, 2.45) is 0 Å². The van der Waals surface area contributed by atoms with E-state index in [9.17, 15) is 14.4 Å². The van der Waals surface area contributed by atoms with Gasteiger partial charge in [-0.15, -0.1) is 0 Å². The molecule has 1 heterocycles. The van der Waals surface area contributed by atoms with Gasteiger partial charge in [0.1, 0.15) is 11.4 Å². The zero-order valence-electron chi connectivity index (χ0n) is 18.3. The van der Waals surface area contributed by atoms with E-state index >= 15 is 0 Å². The van der Waals surface area contributed by atoms with E-state index in [4.69, 9.17) is 9.47 Å². The molecule has 2 aromatic carbocycles. The zero-order valence-corrected chi connectivity index (χ0v) is 19.9. The number of amides is 3. The highest BCUT2D eigenvalue weighted by molar-refractivity contribution is 9.10. The third kappa shape index (κ3) is 6.33. The molecule has 0 aliphatic heterocycles. The summed E-state index contributed by atoms with van der Waals surface area (Å²) in [4.78, 5) is 37.7. The van der Waals surface area contributed by atoms with Crippen LogP contribution >= 0.6 is 15.9 Å². The van der Waals surface area contributed by atoms with Gasteiger partial charge in [0.05, 0.1) is 12.1 Å². The molecular formula is C23H25BrN4O5. The van der Waals surface area contributed by atoms with Crippen LogP contribution in [0.4, 0.5) is 5.69 Å². The predicted octanol–water partition coefficient (Wildman–Crippen LogP) is 3.28. The molecule has 0 unspecified atom stereocenters. The minimum Gasteiger partial charge on any atom is -0.494 e. The second-order valence-electron chi connectivity index (χ2n) is 7.02. The molecule has 0 atom stereocenters. The van der Waals surface area contributed by atoms with Crippen LogP contribution < -0.4 is 20.8 Å². The molecule has 1 aromatic heterocycles. The van der Waals surface area contributed by atoms with Gasteiger partial charge in [-0.1, -0.05) is 15.9 Å². The lowest BCUT2D eigenvalue weighted by molar-refractivity contribution is -0.136. The molecule has 0 aliphatic rings. The topological polar surface area (TPSA) is 111 Å². The smallest absolute Gasteiger partial charge is 0.328 e. The number of anilines is 1. The molecule has 9 nitrogen and oxygen atoms in total. The Kier molecular flexibility index (Phi) is 8.45. The molecule has 0 saturated carbocycles. The largest absolute Gasteiger partial charge is 0.494 e. The van der Waals surface area contributed by atoms with Crippen LogP contribution in [0.1, 0.15) is 23.8 Å². The van der Waals surface area contributed by atoms with E-state index in [1.807, 2.05) is 13.0 Å². The van der Waals surface area contributed by atoms with E-state index in [2.05, 4.69) is 32.0 Å². The lowest BCUT2D eigenvalue weighted by atomic mass is 10.2. The van der Waals surface area contributed by atoms with Gasteiger partial charge >= 0.3 is 11.8 Å². The highest BCUT2D eigenvalue weighted by Crippen LogP contribution is 2.24. The molecule has 174 valence electrons. The van der Waals surface area contributed by atoms with Gasteiger partial charge in [-0.25, -0.2) is 4.68 Å². The van der Waals surface area contributed by atoms with Crippen molar-refractivity contribution in [3.05, 3.63) is 58.7 Å². The van der Waals surface area contributed by atoms with Crippen LogP contribution in [0.3, 0.4) is 0 Å². The molecular weight excluding hydrogens is 492 g/mol. The number of hydrogen-bond donors (Lipinski definition) is 3. The van der Waals surface area contributed by atoms with Crippen molar-refractivity contribution in [1.82, 2.24) is 9.99 Å². The van der Waals surface area contributed by atoms with Crippen molar-refractivity contribution in [1.29, 1.82) is 0 Å². The SMILES string of the molecule is CCOc1ccc(NC(=O)c2cc3cc(Br)ccc3n2NC(=O)C(=O)NCCCOC)cc1. The van der Waals surface area contributed by atoms with Gasteiger partial charge in [0, 0.05) is 35.8 Å². The third-order valence-electron chi connectivity index (χ3n) is 4.65. The van der Waals surface area contributed by atoms with Crippen LogP contribution in [0.2, 0.25) is 0 Å². The monoisotopic (exact) mass is 516 g/mol. The average Bonchev–Trinajstić information content (AvgIpc) is 3.15. The lowest BCUT2D eigenvalue weighted by Gasteiger charge is -2.13. The number of carbonyl (C=O) groups excluding carboxylic acids is 3. The quantitative estimate of drug-likeness (QED) is 0.298. The molecule has 0 fully saturated rings. The first-order valence-corrected chi connectivity index (χ1v) is 11.2. The van der Waals surface area contributed by atoms with Crippen LogP contribution in [0.5, 0.6) is 5.75 Å². The average molecular weight is 517 g/mol. The van der Waals surface area contributed by atoms with Crippen LogP contribution in [-0.2, 0) is 14.3 Å². The number of ether oxygens (including phenoxy) is 2. The number of benzene rings is 2. The molecule has 0 bridgehead atoms. The number of nitrogens with one attached hydrogen (secondary N) is 3. The number of halogens is 1. The Morgan fingerprint density at radius 1 is 1.03 bits per heavy atom. The maximum absolute atomic E-state index is 13.1. The highest BCUT2D eigenvalue weighted by Gasteiger charge is 2.21. The molecule has 3 rings (SSSR count). The first-order valence-electron chi connectivity index (χ1n) is 10.4. The van der Waals surface area contributed by atoms with Crippen molar-refractivity contribution in [3.63, 3.8) is 0 Å². The molecule has 10 heteroatoms. The fraction of sp³-hybridized carbons (Fsp3) is 0.261. The Morgan fingerprint density at radius 3 is 2.48 bits per heavy atom. The van der Waals surface area contributed by atoms with E-state index in [0.717, 1.165) is 4.47 Å². The fourth-order valence-electron chi connectivity index (χ4n) is 3.12. The summed E-state index contributed by atoms with van der Waals surface area (Å²) < 4.78 is 12.5. The number of rotatable bonds is 9. The Hall–Kier alpha value is -3.37. The minimum atomic E-state index is -0.886. The summed E-state index contributed by atoms with van der Waals surface area (Å²) in [5, 5.41) is 6.04. The summed E-state index contributed by atoms with van der Waals surface area (Å²) in [6.07, 6.45) is 0.575. The Balaban J connectivity index is 1.82. The van der Waals surface area contributed by atoms with E-state index in [1.165, 1.54) is 4.68 Å². The van der Waals surface area contributed by atoms with Gasteiger partial charge < -0.3 is 20.1 Å². The fourth-order valence-corrected chi connectivity index (χ4v) is 3.50. The molecule has 0 saturated heterocycles. The Morgan fingerprint density at radius 2 is 1.79 bits per heavy atom. The summed E-state index contributed by atoms with van der Waals surface area (Å²) >= 11 is 3.41. The summed E-state index contributed by atoms with van der Waals surface area (Å²) in [5.74, 6) is -1.45. The first-order chi connectivity index (χ1) is 15.9. The third-order valence-corrected chi connectivity index (χ3v) is 5.14. The van der Waals surface area contributed by atoms with Crippen LogP contribution in [0.25, 0.3) is 10.9 Å². The standard InChI is InChI=1S/C23H25BrN4O5/c1-3-33-18-8-6-17(7-9-18)26-21(29)20-14-15-13-16(24)5-10-19(15)28(20)27-23(31)22(30)25-11-4-12-32-2/h5-10,13-14H,3-4,11-12H2,1-2H3,(H,25,30)(H,26,29)(H,27,31). The van der Waals surface area contributed by atoms with Crippen LogP contribution in [-0.4, -0.2) is 49.3 Å². The van der Waals surface area contributed by atoms with E-state index in [1.54, 1.807) is 49.6 Å². The van der Waals surface area contributed by atoms with Crippen molar-refractivity contribution in [2.45, 2.75) is 13.3 Å². The van der Waals surface area contributed by atoms with Crippen molar-refractivity contribution < 1.29 is 23.9 Å². The van der Waals surface area contributed by atoms with Crippen molar-refractivity contribution >= 4 is 50.2 Å². The maximum atomic E-state index is 13.1. The molecule has 33 heavy (non-hydrogen) atoms. The van der Waals surface area contributed by atoms with Crippen molar-refractivity contribution in [3.8, 4) is 5.75 Å². The van der Waals surface area contributed by atoms with Crippen LogP contribution in [0, 0.1) is 0 Å². The number of nitrogens with zero attached hydrogens (tertiary/aromatic N) is 1. The minimum absolute atomic E-state index is 0.164. The van der Waals surface area contributed by atoms with Crippen molar-refractivity contribution in [2.75, 3.05) is 37.6 Å². The molecule has 0 radical (unpaired) electrons. The first kappa shape index (κ1) is 24.3. The summed E-state index contributed by atoms with van der Waals surface area (Å²) in [6, 6.07) is 13.9. The van der Waals surface area contributed by atoms with Gasteiger partial charge in [-0.2, -0.15) is 0 Å². The summed E-state index contributed by atoms with van der Waals surface area (Å²) in [6.45, 7) is 3.20. The summed E-state index contributed by atoms with van der Waals surface area (Å²) in [7, 11) is 1.56. The highest BCUT2D eigenvalue weighted by atomic mass is 79.9. The normalized spacial score (nSPS) is 10.6. The van der Waals surface area contributed by atoms with E-state index < -0.39 is 17.7 Å². The molecule has 3 aromatic rings. The Labute approximate surface area is 199 Å². The zero-order chi connectivity index (χ0) is 23.8. The number of aromatic nitrogens is 1. The second-order valence-corrected chi connectivity index (χ2v) is 7.94. The Bertz CT molecular complexity index is 1140. The van der Waals surface area contributed by atoms with Crippen LogP contribution in [0.15, 0.2) is 53.0 Å². The van der Waals surface area contributed by atoms with Gasteiger partial charge in [0.15, 0.2) is 0 Å². The number of hydrogen-bond acceptors (Lipinski definition) is 5. The van der Waals surface area contributed by atoms with Gasteiger partial charge in [-0.05, 0) is 61.9 Å². The van der Waals surface area contributed by atoms with Gasteiger partial charge in [0.25, 0.3) is 5.91 Å². The molecule has 3 amide bonds. The number of carbonyl (C=O) groups is 3. The molecule has 3 N–H and O–H groups in total. The number of fused-ring (bicyclic) bond motifs is 1. The second kappa shape index (κ2) is 11.5. The van der Waals surface area contributed by atoms with Gasteiger partial charge in [-0.3, -0.25) is 19.8 Å². The van der Waals surface area contributed by atoms with E-state index in [0.29, 0.717) is 48.5 Å². The van der Waals surface area contributed by atoms with Gasteiger partial charge in [0.2, 0.25) is 0 Å². The van der Waals surface area contributed by atoms with E-state index in [-0.39, 0.29) is 5.69 Å². The summed E-state index contributed by atoms with van der Waals surface area (Å²) in [5.41, 5.74) is 3.81. The molecule has 0 spiro atoms. The number of methoxy groups -OCH3 is 1. The lowest BCUT2D eigenvalue weighted by Crippen LogP contribution is -2.40. The molecule has 0 aliphatic carbocycles. The predicted molar refractivity (Wildman–Crippen MR) is 129 cm³/mol.